The van der Waals surface area contributed by atoms with E-state index in [1.165, 1.54) is 0 Å². The molecule has 1 heterocycles. The van der Waals surface area contributed by atoms with Crippen molar-refractivity contribution in [2.24, 2.45) is 11.7 Å². The second-order valence-corrected chi connectivity index (χ2v) is 6.68. The lowest BCUT2D eigenvalue weighted by molar-refractivity contribution is 0.521. The minimum Gasteiger partial charge on any atom is -0.336 e. The molecule has 1 atom stereocenters. The van der Waals surface area contributed by atoms with Crippen molar-refractivity contribution < 1.29 is 8.42 Å². The van der Waals surface area contributed by atoms with Crippen molar-refractivity contribution in [3.05, 3.63) is 12.5 Å². The predicted octanol–water partition coefficient (Wildman–Crippen LogP) is 0.976. The van der Waals surface area contributed by atoms with Gasteiger partial charge in [0.2, 0.25) is 0 Å². The molecule has 0 aromatic carbocycles. The molecule has 0 aliphatic rings. The van der Waals surface area contributed by atoms with Crippen molar-refractivity contribution in [3.8, 4) is 0 Å². The highest BCUT2D eigenvalue weighted by Gasteiger charge is 2.17. The number of hydrogen-bond donors (Lipinski definition) is 2. The standard InChI is InChI=1S/C11H22N4O2S.ClH/c1-9(2)6-15-7-11(13-8-15)18(16,17)14-5-4-10(3)12;/h7-10,14H,4-6,12H2,1-3H3;1H. The van der Waals surface area contributed by atoms with Gasteiger partial charge in [0, 0.05) is 25.3 Å². The molecular weight excluding hydrogens is 288 g/mol. The molecule has 0 saturated heterocycles. The lowest BCUT2D eigenvalue weighted by atomic mass is 10.2. The number of halogens is 1. The van der Waals surface area contributed by atoms with E-state index in [1.807, 2.05) is 6.92 Å². The maximum absolute atomic E-state index is 11.9. The Kier molecular flexibility index (Phi) is 7.58. The van der Waals surface area contributed by atoms with E-state index in [-0.39, 0.29) is 23.5 Å². The fourth-order valence-corrected chi connectivity index (χ4v) is 2.49. The molecule has 0 spiro atoms. The van der Waals surface area contributed by atoms with E-state index in [4.69, 9.17) is 5.73 Å². The Morgan fingerprint density at radius 3 is 2.58 bits per heavy atom. The first kappa shape index (κ1) is 18.4. The third-order valence-corrected chi connectivity index (χ3v) is 3.70. The number of nitrogens with zero attached hydrogens (tertiary/aromatic N) is 2. The van der Waals surface area contributed by atoms with Gasteiger partial charge >= 0.3 is 0 Å². The van der Waals surface area contributed by atoms with Crippen molar-refractivity contribution in [2.45, 2.75) is 44.8 Å². The van der Waals surface area contributed by atoms with Gasteiger partial charge in [0.25, 0.3) is 10.0 Å². The van der Waals surface area contributed by atoms with Gasteiger partial charge in [0.1, 0.15) is 0 Å². The summed E-state index contributed by atoms with van der Waals surface area (Å²) in [4.78, 5) is 3.92. The Hall–Kier alpha value is -0.630. The topological polar surface area (TPSA) is 90.0 Å². The molecule has 0 aliphatic heterocycles. The van der Waals surface area contributed by atoms with Gasteiger partial charge in [-0.05, 0) is 19.3 Å². The Morgan fingerprint density at radius 2 is 2.05 bits per heavy atom. The second kappa shape index (κ2) is 7.84. The number of sulfonamides is 1. The number of hydrogen-bond acceptors (Lipinski definition) is 4. The van der Waals surface area contributed by atoms with Gasteiger partial charge in [0.15, 0.2) is 5.03 Å². The van der Waals surface area contributed by atoms with Crippen molar-refractivity contribution in [2.75, 3.05) is 6.54 Å². The molecule has 0 saturated carbocycles. The number of rotatable bonds is 7. The van der Waals surface area contributed by atoms with Crippen molar-refractivity contribution in [1.82, 2.24) is 14.3 Å². The highest BCUT2D eigenvalue weighted by Crippen LogP contribution is 2.07. The van der Waals surface area contributed by atoms with Crippen LogP contribution in [0.4, 0.5) is 0 Å². The van der Waals surface area contributed by atoms with Crippen LogP contribution >= 0.6 is 12.4 Å². The number of nitrogens with one attached hydrogen (secondary N) is 1. The molecule has 0 amide bonds. The minimum absolute atomic E-state index is 0. The van der Waals surface area contributed by atoms with Crippen LogP contribution in [0, 0.1) is 5.92 Å². The van der Waals surface area contributed by atoms with Crippen molar-refractivity contribution >= 4 is 22.4 Å². The van der Waals surface area contributed by atoms with E-state index in [9.17, 15) is 8.42 Å². The first-order valence-electron chi connectivity index (χ1n) is 6.08. The third-order valence-electron chi connectivity index (χ3n) is 2.35. The van der Waals surface area contributed by atoms with Gasteiger partial charge in [-0.15, -0.1) is 12.4 Å². The molecule has 1 aromatic heterocycles. The molecule has 3 N–H and O–H groups in total. The molecule has 0 radical (unpaired) electrons. The summed E-state index contributed by atoms with van der Waals surface area (Å²) in [6.45, 7) is 7.05. The summed E-state index contributed by atoms with van der Waals surface area (Å²) in [5.41, 5.74) is 5.56. The molecule has 6 nitrogen and oxygen atoms in total. The summed E-state index contributed by atoms with van der Waals surface area (Å²) in [6, 6.07) is -0.0220. The Balaban J connectivity index is 0.00000324. The van der Waals surface area contributed by atoms with Gasteiger partial charge in [-0.3, -0.25) is 0 Å². The van der Waals surface area contributed by atoms with Gasteiger partial charge in [-0.2, -0.15) is 0 Å². The summed E-state index contributed by atoms with van der Waals surface area (Å²) in [5, 5.41) is 0.0628. The van der Waals surface area contributed by atoms with Crippen molar-refractivity contribution in [3.63, 3.8) is 0 Å². The van der Waals surface area contributed by atoms with Crippen LogP contribution in [-0.2, 0) is 16.6 Å². The van der Waals surface area contributed by atoms with Gasteiger partial charge in [-0.25, -0.2) is 18.1 Å². The van der Waals surface area contributed by atoms with Gasteiger partial charge in [0.05, 0.1) is 6.33 Å². The molecule has 8 heteroatoms. The highest BCUT2D eigenvalue weighted by molar-refractivity contribution is 7.89. The maximum Gasteiger partial charge on any atom is 0.259 e. The molecule has 112 valence electrons. The van der Waals surface area contributed by atoms with Crippen molar-refractivity contribution in [1.29, 1.82) is 0 Å². The molecule has 1 aromatic rings. The van der Waals surface area contributed by atoms with Crippen LogP contribution in [0.5, 0.6) is 0 Å². The van der Waals surface area contributed by atoms with Gasteiger partial charge < -0.3 is 10.3 Å². The first-order chi connectivity index (χ1) is 8.31. The monoisotopic (exact) mass is 310 g/mol. The van der Waals surface area contributed by atoms with Crippen LogP contribution in [0.25, 0.3) is 0 Å². The summed E-state index contributed by atoms with van der Waals surface area (Å²) < 4.78 is 28.0. The smallest absolute Gasteiger partial charge is 0.259 e. The summed E-state index contributed by atoms with van der Waals surface area (Å²) in [6.07, 6.45) is 3.69. The molecule has 1 rings (SSSR count). The Labute approximate surface area is 121 Å². The highest BCUT2D eigenvalue weighted by atomic mass is 35.5. The van der Waals surface area contributed by atoms with E-state index in [0.717, 1.165) is 6.54 Å². The summed E-state index contributed by atoms with van der Waals surface area (Å²) >= 11 is 0. The van der Waals surface area contributed by atoms with E-state index in [2.05, 4.69) is 23.6 Å². The largest absolute Gasteiger partial charge is 0.336 e. The molecular formula is C11H23ClN4O2S. The summed E-state index contributed by atoms with van der Waals surface area (Å²) in [5.74, 6) is 0.445. The number of aromatic nitrogens is 2. The minimum atomic E-state index is -3.51. The average Bonchev–Trinajstić information content (AvgIpc) is 2.64. The molecule has 1 unspecified atom stereocenters. The second-order valence-electron chi connectivity index (χ2n) is 4.97. The van der Waals surface area contributed by atoms with E-state index in [0.29, 0.717) is 18.9 Å². The van der Waals surface area contributed by atoms with Crippen LogP contribution < -0.4 is 10.5 Å². The van der Waals surface area contributed by atoms with E-state index >= 15 is 0 Å². The van der Waals surface area contributed by atoms with Crippen LogP contribution in [0.3, 0.4) is 0 Å². The average molecular weight is 311 g/mol. The lowest BCUT2D eigenvalue weighted by Crippen LogP contribution is -2.29. The maximum atomic E-state index is 11.9. The first-order valence-corrected chi connectivity index (χ1v) is 7.56. The lowest BCUT2D eigenvalue weighted by Gasteiger charge is -2.06. The zero-order valence-corrected chi connectivity index (χ0v) is 13.2. The number of nitrogens with two attached hydrogens (primary N) is 1. The Bertz CT molecular complexity index is 471. The van der Waals surface area contributed by atoms with Crippen LogP contribution in [0.2, 0.25) is 0 Å². The Morgan fingerprint density at radius 1 is 1.42 bits per heavy atom. The summed E-state index contributed by atoms with van der Waals surface area (Å²) in [7, 11) is -3.51. The molecule has 0 fully saturated rings. The van der Waals surface area contributed by atoms with E-state index < -0.39 is 10.0 Å². The third kappa shape index (κ3) is 6.38. The predicted molar refractivity (Wildman–Crippen MR) is 77.8 cm³/mol. The fourth-order valence-electron chi connectivity index (χ4n) is 1.49. The molecule has 0 aliphatic carbocycles. The normalized spacial score (nSPS) is 13.3. The van der Waals surface area contributed by atoms with Crippen LogP contribution in [-0.4, -0.2) is 30.6 Å². The van der Waals surface area contributed by atoms with Crippen LogP contribution in [0.15, 0.2) is 17.6 Å². The number of imidazole rings is 1. The van der Waals surface area contributed by atoms with E-state index in [1.54, 1.807) is 17.1 Å². The zero-order valence-electron chi connectivity index (χ0n) is 11.5. The fraction of sp³-hybridized carbons (Fsp3) is 0.727. The zero-order chi connectivity index (χ0) is 13.8. The van der Waals surface area contributed by atoms with Gasteiger partial charge in [-0.1, -0.05) is 13.8 Å². The van der Waals surface area contributed by atoms with Crippen LogP contribution in [0.1, 0.15) is 27.2 Å². The quantitative estimate of drug-likeness (QED) is 0.785. The molecule has 0 bridgehead atoms. The molecule has 19 heavy (non-hydrogen) atoms. The SMILES string of the molecule is CC(C)Cn1cnc(S(=O)(=O)NCCC(C)N)c1.Cl.